The molecule has 0 aliphatic carbocycles. The molecule has 0 aliphatic heterocycles. The lowest BCUT2D eigenvalue weighted by molar-refractivity contribution is 0.190. The van der Waals surface area contributed by atoms with Crippen LogP contribution in [0.25, 0.3) is 10.9 Å². The Labute approximate surface area is 147 Å². The summed E-state index contributed by atoms with van der Waals surface area (Å²) in [4.78, 5) is 17.0. The van der Waals surface area contributed by atoms with Crippen molar-refractivity contribution in [1.29, 1.82) is 0 Å². The Morgan fingerprint density at radius 1 is 1.16 bits per heavy atom. The quantitative estimate of drug-likeness (QED) is 0.647. The largest absolute Gasteiger partial charge is 0.395 e. The number of aromatic amines is 1. The minimum Gasteiger partial charge on any atom is -0.395 e. The average molecular weight is 337 g/mol. The van der Waals surface area contributed by atoms with Crippen molar-refractivity contribution in [3.63, 3.8) is 0 Å². The van der Waals surface area contributed by atoms with Gasteiger partial charge in [-0.25, -0.2) is 4.79 Å². The van der Waals surface area contributed by atoms with Gasteiger partial charge in [0.05, 0.1) is 6.61 Å². The normalized spacial score (nSPS) is 12.1. The Morgan fingerprint density at radius 2 is 1.88 bits per heavy atom. The minimum absolute atomic E-state index is 0.0452. The Bertz CT molecular complexity index is 829. The van der Waals surface area contributed by atoms with Gasteiger partial charge in [0.2, 0.25) is 0 Å². The summed E-state index contributed by atoms with van der Waals surface area (Å²) in [6.45, 7) is 0.754. The molecule has 0 saturated heterocycles. The van der Waals surface area contributed by atoms with Crippen LogP contribution in [0.3, 0.4) is 0 Å². The number of urea groups is 1. The second kappa shape index (κ2) is 7.85. The second-order valence-electron chi connectivity index (χ2n) is 6.08. The summed E-state index contributed by atoms with van der Waals surface area (Å²) in [5.74, 6) is 0.0452. The molecule has 130 valence electrons. The number of hydrogen-bond acceptors (Lipinski definition) is 2. The first kappa shape index (κ1) is 17.0. The van der Waals surface area contributed by atoms with Crippen molar-refractivity contribution in [1.82, 2.24) is 15.2 Å². The van der Waals surface area contributed by atoms with Crippen molar-refractivity contribution in [3.8, 4) is 0 Å². The first-order chi connectivity index (χ1) is 12.2. The first-order valence-electron chi connectivity index (χ1n) is 8.41. The van der Waals surface area contributed by atoms with Crippen LogP contribution in [-0.4, -0.2) is 47.8 Å². The fourth-order valence-corrected chi connectivity index (χ4v) is 3.05. The first-order valence-corrected chi connectivity index (χ1v) is 8.41. The number of carbonyl (C=O) groups excluding carboxylic acids is 1. The van der Waals surface area contributed by atoms with Gasteiger partial charge in [0, 0.05) is 43.2 Å². The number of nitrogens with zero attached hydrogens (tertiary/aromatic N) is 1. The number of aromatic nitrogens is 1. The predicted molar refractivity (Wildman–Crippen MR) is 99.7 cm³/mol. The maximum absolute atomic E-state index is 12.2. The second-order valence-corrected chi connectivity index (χ2v) is 6.08. The number of carbonyl (C=O) groups is 1. The molecule has 25 heavy (non-hydrogen) atoms. The zero-order valence-corrected chi connectivity index (χ0v) is 14.3. The number of rotatable bonds is 6. The van der Waals surface area contributed by atoms with Crippen LogP contribution >= 0.6 is 0 Å². The maximum atomic E-state index is 12.2. The molecule has 0 radical (unpaired) electrons. The third-order valence-corrected chi connectivity index (χ3v) is 4.44. The van der Waals surface area contributed by atoms with E-state index in [1.807, 2.05) is 36.5 Å². The molecule has 3 rings (SSSR count). The summed E-state index contributed by atoms with van der Waals surface area (Å²) in [7, 11) is 1.68. The molecule has 5 nitrogen and oxygen atoms in total. The summed E-state index contributed by atoms with van der Waals surface area (Å²) < 4.78 is 0. The van der Waals surface area contributed by atoms with Crippen LogP contribution in [0.4, 0.5) is 4.79 Å². The van der Waals surface area contributed by atoms with Crippen LogP contribution in [0.1, 0.15) is 17.0 Å². The van der Waals surface area contributed by atoms with Crippen molar-refractivity contribution in [2.75, 3.05) is 26.7 Å². The summed E-state index contributed by atoms with van der Waals surface area (Å²) in [5.41, 5.74) is 3.39. The zero-order valence-electron chi connectivity index (χ0n) is 14.3. The van der Waals surface area contributed by atoms with Gasteiger partial charge < -0.3 is 20.3 Å². The third kappa shape index (κ3) is 3.83. The number of amides is 2. The Morgan fingerprint density at radius 3 is 2.64 bits per heavy atom. The number of fused-ring (bicyclic) bond motifs is 1. The van der Waals surface area contributed by atoms with Gasteiger partial charge in [-0.05, 0) is 17.2 Å². The molecule has 1 unspecified atom stereocenters. The van der Waals surface area contributed by atoms with Crippen molar-refractivity contribution in [2.45, 2.75) is 5.92 Å². The lowest BCUT2D eigenvalue weighted by Gasteiger charge is -2.21. The van der Waals surface area contributed by atoms with Crippen LogP contribution in [0.5, 0.6) is 0 Å². The molecule has 3 aromatic rings. The monoisotopic (exact) mass is 337 g/mol. The molecule has 0 saturated carbocycles. The van der Waals surface area contributed by atoms with E-state index in [0.717, 1.165) is 22.0 Å². The van der Waals surface area contributed by atoms with Gasteiger partial charge in [-0.2, -0.15) is 0 Å². The number of hydrogen-bond donors (Lipinski definition) is 3. The number of aliphatic hydroxyl groups is 1. The highest BCUT2D eigenvalue weighted by molar-refractivity contribution is 5.84. The molecule has 1 atom stereocenters. The van der Waals surface area contributed by atoms with E-state index in [-0.39, 0.29) is 18.6 Å². The number of H-pyrrole nitrogens is 1. The molecule has 1 heterocycles. The van der Waals surface area contributed by atoms with Crippen LogP contribution < -0.4 is 5.32 Å². The van der Waals surface area contributed by atoms with E-state index in [1.54, 1.807) is 7.05 Å². The lowest BCUT2D eigenvalue weighted by Crippen LogP contribution is -2.40. The Balaban J connectivity index is 1.88. The molecule has 0 bridgehead atoms. The molecule has 0 aliphatic rings. The third-order valence-electron chi connectivity index (χ3n) is 4.44. The van der Waals surface area contributed by atoms with Gasteiger partial charge in [-0.15, -0.1) is 0 Å². The van der Waals surface area contributed by atoms with E-state index in [0.29, 0.717) is 13.1 Å². The van der Waals surface area contributed by atoms with E-state index in [1.165, 1.54) is 4.90 Å². The fraction of sp³-hybridized carbons (Fsp3) is 0.250. The topological polar surface area (TPSA) is 68.4 Å². The van der Waals surface area contributed by atoms with Gasteiger partial charge in [0.15, 0.2) is 0 Å². The molecule has 3 N–H and O–H groups in total. The minimum atomic E-state index is -0.185. The zero-order chi connectivity index (χ0) is 17.6. The molecule has 0 spiro atoms. The van der Waals surface area contributed by atoms with Crippen molar-refractivity contribution in [2.24, 2.45) is 0 Å². The number of likely N-dealkylation sites (N-methyl/N-ethyl adjacent to an activating group) is 1. The van der Waals surface area contributed by atoms with Crippen molar-refractivity contribution < 1.29 is 9.90 Å². The summed E-state index contributed by atoms with van der Waals surface area (Å²) >= 11 is 0. The summed E-state index contributed by atoms with van der Waals surface area (Å²) in [5, 5.41) is 13.1. The average Bonchev–Trinajstić information content (AvgIpc) is 3.07. The standard InChI is InChI=1S/C20H23N3O2/c1-23(11-12-24)20(25)22-13-17(15-7-3-2-4-8-15)18-14-21-19-10-6-5-9-16(18)19/h2-10,14,17,21,24H,11-13H2,1H3,(H,22,25). The SMILES string of the molecule is CN(CCO)C(=O)NCC(c1ccccc1)c1c[nH]c2ccccc12. The van der Waals surface area contributed by atoms with Crippen LogP contribution in [0.15, 0.2) is 60.8 Å². The smallest absolute Gasteiger partial charge is 0.317 e. The van der Waals surface area contributed by atoms with Crippen molar-refractivity contribution in [3.05, 3.63) is 71.9 Å². The molecule has 5 heteroatoms. The van der Waals surface area contributed by atoms with Crippen molar-refractivity contribution >= 4 is 16.9 Å². The molecular weight excluding hydrogens is 314 g/mol. The summed E-state index contributed by atoms with van der Waals surface area (Å²) in [6, 6.07) is 18.2. The highest BCUT2D eigenvalue weighted by atomic mass is 16.3. The van der Waals surface area contributed by atoms with Gasteiger partial charge in [0.25, 0.3) is 0 Å². The molecule has 0 fully saturated rings. The molecule has 2 aromatic carbocycles. The number of para-hydroxylation sites is 1. The van der Waals surface area contributed by atoms with Gasteiger partial charge >= 0.3 is 6.03 Å². The van der Waals surface area contributed by atoms with Crippen LogP contribution in [0, 0.1) is 0 Å². The van der Waals surface area contributed by atoms with E-state index in [2.05, 4.69) is 34.6 Å². The van der Waals surface area contributed by atoms with E-state index >= 15 is 0 Å². The number of nitrogens with one attached hydrogen (secondary N) is 2. The molecule has 2 amide bonds. The Hall–Kier alpha value is -2.79. The maximum Gasteiger partial charge on any atom is 0.317 e. The molecule has 1 aromatic heterocycles. The number of aliphatic hydroxyl groups excluding tert-OH is 1. The lowest BCUT2D eigenvalue weighted by atomic mass is 9.91. The predicted octanol–water partition coefficient (Wildman–Crippen LogP) is 2.93. The van der Waals surface area contributed by atoms with Gasteiger partial charge in [-0.3, -0.25) is 0 Å². The van der Waals surface area contributed by atoms with Crippen LogP contribution in [0.2, 0.25) is 0 Å². The summed E-state index contributed by atoms with van der Waals surface area (Å²) in [6.07, 6.45) is 2.02. The molecular formula is C20H23N3O2. The van der Waals surface area contributed by atoms with Gasteiger partial charge in [-0.1, -0.05) is 48.5 Å². The van der Waals surface area contributed by atoms with E-state index in [4.69, 9.17) is 5.11 Å². The number of benzene rings is 2. The van der Waals surface area contributed by atoms with Gasteiger partial charge in [0.1, 0.15) is 0 Å². The van der Waals surface area contributed by atoms with Crippen LogP contribution in [-0.2, 0) is 0 Å². The highest BCUT2D eigenvalue weighted by Crippen LogP contribution is 2.30. The Kier molecular flexibility index (Phi) is 5.36. The van der Waals surface area contributed by atoms with E-state index in [9.17, 15) is 4.79 Å². The van der Waals surface area contributed by atoms with E-state index < -0.39 is 0 Å². The highest BCUT2D eigenvalue weighted by Gasteiger charge is 2.19. The fourth-order valence-electron chi connectivity index (χ4n) is 3.05.